The van der Waals surface area contributed by atoms with Gasteiger partial charge in [-0.3, -0.25) is 4.79 Å². The number of amides is 1. The van der Waals surface area contributed by atoms with Gasteiger partial charge in [0.2, 0.25) is 5.91 Å². The molecular weight excluding hydrogens is 316 g/mol. The van der Waals surface area contributed by atoms with Gasteiger partial charge in [-0.05, 0) is 28.8 Å². The van der Waals surface area contributed by atoms with Crippen LogP contribution in [-0.2, 0) is 16.0 Å². The lowest BCUT2D eigenvalue weighted by molar-refractivity contribution is -0.126. The lowest BCUT2D eigenvalue weighted by Gasteiger charge is -2.21. The Labute approximate surface area is 136 Å². The lowest BCUT2D eigenvalue weighted by atomic mass is 9.93. The van der Waals surface area contributed by atoms with Crippen LogP contribution < -0.4 is 5.32 Å². The van der Waals surface area contributed by atoms with Gasteiger partial charge in [0.25, 0.3) is 0 Å². The Morgan fingerprint density at radius 1 is 1.45 bits per heavy atom. The number of thiazole rings is 1. The van der Waals surface area contributed by atoms with Gasteiger partial charge in [-0.15, -0.1) is 11.3 Å². The summed E-state index contributed by atoms with van der Waals surface area (Å²) < 4.78 is 5.70. The standard InChI is InChI=1S/C16H16N2O2S2/c19-15(12-8-11-1-2-14(12)20-11)18-13(16-17-4-6-22-16)7-10-3-5-21-9-10/h1-6,9,11-14H,7-8H2,(H,18,19)/t11-,12+,13-,14-/m1/s1. The fourth-order valence-electron chi connectivity index (χ4n) is 3.06. The Hall–Kier alpha value is -1.50. The third kappa shape index (κ3) is 2.74. The fraction of sp³-hybridized carbons (Fsp3) is 0.375. The van der Waals surface area contributed by atoms with E-state index in [4.69, 9.17) is 4.74 Å². The molecule has 0 spiro atoms. The Kier molecular flexibility index (Phi) is 3.82. The van der Waals surface area contributed by atoms with Crippen LogP contribution >= 0.6 is 22.7 Å². The van der Waals surface area contributed by atoms with E-state index in [0.717, 1.165) is 17.8 Å². The molecule has 22 heavy (non-hydrogen) atoms. The molecule has 2 aliphatic heterocycles. The summed E-state index contributed by atoms with van der Waals surface area (Å²) in [4.78, 5) is 17.0. The number of hydrogen-bond donors (Lipinski definition) is 1. The molecule has 1 N–H and O–H groups in total. The van der Waals surface area contributed by atoms with Crippen molar-refractivity contribution in [2.75, 3.05) is 0 Å². The molecule has 1 saturated heterocycles. The van der Waals surface area contributed by atoms with Crippen LogP contribution in [0, 0.1) is 5.92 Å². The second-order valence-electron chi connectivity index (χ2n) is 5.63. The molecule has 4 atom stereocenters. The summed E-state index contributed by atoms with van der Waals surface area (Å²) in [6.07, 6.45) is 7.49. The first-order chi connectivity index (χ1) is 10.8. The number of nitrogens with one attached hydrogen (secondary N) is 1. The highest BCUT2D eigenvalue weighted by Gasteiger charge is 2.41. The van der Waals surface area contributed by atoms with E-state index in [9.17, 15) is 4.79 Å². The molecule has 4 nitrogen and oxygen atoms in total. The lowest BCUT2D eigenvalue weighted by Crippen LogP contribution is -2.38. The molecule has 2 aromatic heterocycles. The van der Waals surface area contributed by atoms with Crippen LogP contribution in [0.1, 0.15) is 23.0 Å². The molecule has 1 fully saturated rings. The first kappa shape index (κ1) is 14.1. The summed E-state index contributed by atoms with van der Waals surface area (Å²) in [6, 6.07) is 2.03. The van der Waals surface area contributed by atoms with Crippen LogP contribution in [0.4, 0.5) is 0 Å². The highest BCUT2D eigenvalue weighted by Crippen LogP contribution is 2.34. The Balaban J connectivity index is 1.49. The van der Waals surface area contributed by atoms with Crippen molar-refractivity contribution in [3.8, 4) is 0 Å². The van der Waals surface area contributed by atoms with Crippen molar-refractivity contribution in [2.45, 2.75) is 31.1 Å². The van der Waals surface area contributed by atoms with E-state index in [2.05, 4.69) is 33.2 Å². The summed E-state index contributed by atoms with van der Waals surface area (Å²) in [5.74, 6) is 0.00668. The first-order valence-corrected chi connectivity index (χ1v) is 9.16. The normalized spacial score (nSPS) is 27.2. The molecule has 2 aromatic rings. The van der Waals surface area contributed by atoms with Crippen molar-refractivity contribution in [1.29, 1.82) is 0 Å². The number of thiophene rings is 1. The molecule has 0 unspecified atom stereocenters. The zero-order chi connectivity index (χ0) is 14.9. The molecule has 1 amide bonds. The number of carbonyl (C=O) groups excluding carboxylic acids is 1. The van der Waals surface area contributed by atoms with E-state index in [-0.39, 0.29) is 30.1 Å². The van der Waals surface area contributed by atoms with E-state index >= 15 is 0 Å². The van der Waals surface area contributed by atoms with Crippen molar-refractivity contribution in [3.05, 3.63) is 51.1 Å². The zero-order valence-electron chi connectivity index (χ0n) is 11.8. The molecule has 0 radical (unpaired) electrons. The van der Waals surface area contributed by atoms with E-state index in [1.165, 1.54) is 5.56 Å². The predicted octanol–water partition coefficient (Wildman–Crippen LogP) is 2.95. The number of carbonyl (C=O) groups is 1. The Morgan fingerprint density at radius 2 is 2.41 bits per heavy atom. The molecule has 0 aromatic carbocycles. The molecule has 2 bridgehead atoms. The van der Waals surface area contributed by atoms with Crippen molar-refractivity contribution in [3.63, 3.8) is 0 Å². The van der Waals surface area contributed by atoms with Crippen LogP contribution in [0.3, 0.4) is 0 Å². The summed E-state index contributed by atoms with van der Waals surface area (Å²) in [6.45, 7) is 0. The maximum absolute atomic E-state index is 12.6. The quantitative estimate of drug-likeness (QED) is 0.857. The fourth-order valence-corrected chi connectivity index (χ4v) is 4.43. The molecular formula is C16H16N2O2S2. The van der Waals surface area contributed by atoms with E-state index in [1.807, 2.05) is 11.5 Å². The van der Waals surface area contributed by atoms with Crippen molar-refractivity contribution >= 4 is 28.6 Å². The second-order valence-corrected chi connectivity index (χ2v) is 7.34. The van der Waals surface area contributed by atoms with Crippen LogP contribution in [0.15, 0.2) is 40.6 Å². The van der Waals surface area contributed by atoms with Gasteiger partial charge in [-0.25, -0.2) is 4.98 Å². The van der Waals surface area contributed by atoms with Crippen LogP contribution in [-0.4, -0.2) is 23.1 Å². The summed E-state index contributed by atoms with van der Waals surface area (Å²) in [7, 11) is 0. The molecule has 114 valence electrons. The highest BCUT2D eigenvalue weighted by molar-refractivity contribution is 7.09. The van der Waals surface area contributed by atoms with Gasteiger partial charge in [0.05, 0.1) is 24.2 Å². The van der Waals surface area contributed by atoms with Crippen molar-refractivity contribution in [2.24, 2.45) is 5.92 Å². The van der Waals surface area contributed by atoms with E-state index in [1.54, 1.807) is 28.9 Å². The first-order valence-electron chi connectivity index (χ1n) is 7.34. The second kappa shape index (κ2) is 5.95. The van der Waals surface area contributed by atoms with Gasteiger partial charge < -0.3 is 10.1 Å². The molecule has 4 heterocycles. The minimum Gasteiger partial charge on any atom is -0.366 e. The van der Waals surface area contributed by atoms with Crippen LogP contribution in [0.25, 0.3) is 0 Å². The number of hydrogen-bond acceptors (Lipinski definition) is 5. The minimum atomic E-state index is -0.0695. The van der Waals surface area contributed by atoms with Gasteiger partial charge in [0, 0.05) is 18.0 Å². The van der Waals surface area contributed by atoms with Gasteiger partial charge in [0.15, 0.2) is 0 Å². The molecule has 6 heteroatoms. The Morgan fingerprint density at radius 3 is 3.05 bits per heavy atom. The van der Waals surface area contributed by atoms with E-state index in [0.29, 0.717) is 0 Å². The smallest absolute Gasteiger partial charge is 0.226 e. The third-order valence-electron chi connectivity index (χ3n) is 4.15. The molecule has 4 rings (SSSR count). The largest absolute Gasteiger partial charge is 0.366 e. The Bertz CT molecular complexity index is 666. The van der Waals surface area contributed by atoms with Crippen molar-refractivity contribution in [1.82, 2.24) is 10.3 Å². The number of nitrogens with zero attached hydrogens (tertiary/aromatic N) is 1. The van der Waals surface area contributed by atoms with E-state index < -0.39 is 0 Å². The van der Waals surface area contributed by atoms with Crippen LogP contribution in [0.5, 0.6) is 0 Å². The van der Waals surface area contributed by atoms with Gasteiger partial charge in [-0.1, -0.05) is 12.2 Å². The highest BCUT2D eigenvalue weighted by atomic mass is 32.1. The predicted molar refractivity (Wildman–Crippen MR) is 86.9 cm³/mol. The maximum atomic E-state index is 12.6. The molecule has 2 aliphatic rings. The SMILES string of the molecule is O=C(N[C@H](Cc1ccsc1)c1nccs1)[C@H]1C[C@H]2C=C[C@H]1O2. The summed E-state index contributed by atoms with van der Waals surface area (Å²) in [5.41, 5.74) is 1.23. The topological polar surface area (TPSA) is 51.2 Å². The zero-order valence-corrected chi connectivity index (χ0v) is 13.5. The average Bonchev–Trinajstić information content (AvgIpc) is 3.28. The summed E-state index contributed by atoms with van der Waals surface area (Å²) in [5, 5.41) is 10.3. The average molecular weight is 332 g/mol. The number of ether oxygens (including phenoxy) is 1. The summed E-state index contributed by atoms with van der Waals surface area (Å²) >= 11 is 3.26. The third-order valence-corrected chi connectivity index (χ3v) is 5.77. The number of fused-ring (bicyclic) bond motifs is 2. The minimum absolute atomic E-state index is 0.0527. The van der Waals surface area contributed by atoms with Gasteiger partial charge in [0.1, 0.15) is 5.01 Å². The molecule has 0 saturated carbocycles. The van der Waals surface area contributed by atoms with Gasteiger partial charge in [-0.2, -0.15) is 11.3 Å². The number of rotatable bonds is 5. The molecule has 0 aliphatic carbocycles. The van der Waals surface area contributed by atoms with Crippen LogP contribution in [0.2, 0.25) is 0 Å². The van der Waals surface area contributed by atoms with Crippen molar-refractivity contribution < 1.29 is 9.53 Å². The maximum Gasteiger partial charge on any atom is 0.226 e. The number of aromatic nitrogens is 1. The van der Waals surface area contributed by atoms with Gasteiger partial charge >= 0.3 is 0 Å². The monoisotopic (exact) mass is 332 g/mol.